The van der Waals surface area contributed by atoms with E-state index in [9.17, 15) is 15.0 Å². The second-order valence-corrected chi connectivity index (χ2v) is 12.1. The first kappa shape index (κ1) is 19.7. The number of rotatable bonds is 8. The molecule has 0 radical (unpaired) electrons. The van der Waals surface area contributed by atoms with Gasteiger partial charge in [0.1, 0.15) is 0 Å². The predicted molar refractivity (Wildman–Crippen MR) is 94.8 cm³/mol. The van der Waals surface area contributed by atoms with E-state index in [1.807, 2.05) is 31.3 Å². The van der Waals surface area contributed by atoms with E-state index in [2.05, 4.69) is 13.8 Å². The molecular weight excluding hydrogens is 316 g/mol. The Kier molecular flexibility index (Phi) is 7.08. The Morgan fingerprint density at radius 3 is 2.27 bits per heavy atom. The summed E-state index contributed by atoms with van der Waals surface area (Å²) in [6, 6.07) is 7.36. The van der Waals surface area contributed by atoms with Gasteiger partial charge in [0.05, 0.1) is 12.2 Å². The van der Waals surface area contributed by atoms with Crippen LogP contribution < -0.4 is 0 Å². The van der Waals surface area contributed by atoms with Gasteiger partial charge in [-0.3, -0.25) is 0 Å². The normalized spacial score (nSPS) is 15.6. The standard InChI is InChI=1S/C17H29ClO3Si/c1-17(2,22(3,4)21)11-7-10-15(19)16(20)12-13-8-5-6-9-14(13)18/h5-6,8-9,15-16,19-21H,7,10-12H2,1-4H3/t15-,16-/m1/s1. The summed E-state index contributed by atoms with van der Waals surface area (Å²) in [6.45, 7) is 8.03. The SMILES string of the molecule is CC(C)(CCC[C@@H](O)[C@H](O)Cc1ccccc1Cl)[Si](C)(C)O. The topological polar surface area (TPSA) is 60.7 Å². The van der Waals surface area contributed by atoms with Crippen LogP contribution in [0.25, 0.3) is 0 Å². The van der Waals surface area contributed by atoms with E-state index in [1.54, 1.807) is 6.07 Å². The van der Waals surface area contributed by atoms with Gasteiger partial charge in [-0.2, -0.15) is 0 Å². The third kappa shape index (κ3) is 5.67. The van der Waals surface area contributed by atoms with Crippen LogP contribution in [0.3, 0.4) is 0 Å². The maximum atomic E-state index is 10.3. The first-order chi connectivity index (χ1) is 10.0. The monoisotopic (exact) mass is 344 g/mol. The Balaban J connectivity index is 2.45. The molecule has 0 aromatic heterocycles. The van der Waals surface area contributed by atoms with Gasteiger partial charge < -0.3 is 15.0 Å². The van der Waals surface area contributed by atoms with Gasteiger partial charge in [0, 0.05) is 11.4 Å². The molecule has 0 bridgehead atoms. The maximum absolute atomic E-state index is 10.3. The molecule has 0 heterocycles. The summed E-state index contributed by atoms with van der Waals surface area (Å²) in [5.74, 6) is 0. The fourth-order valence-electron chi connectivity index (χ4n) is 2.28. The lowest BCUT2D eigenvalue weighted by molar-refractivity contribution is 0.0133. The number of aliphatic hydroxyl groups is 2. The molecule has 5 heteroatoms. The highest BCUT2D eigenvalue weighted by Gasteiger charge is 2.37. The minimum atomic E-state index is -2.21. The van der Waals surface area contributed by atoms with Gasteiger partial charge in [0.2, 0.25) is 0 Å². The summed E-state index contributed by atoms with van der Waals surface area (Å²) in [5, 5.41) is 20.8. The largest absolute Gasteiger partial charge is 0.432 e. The molecule has 0 fully saturated rings. The molecule has 0 spiro atoms. The highest BCUT2D eigenvalue weighted by Crippen LogP contribution is 2.40. The average molecular weight is 345 g/mol. The zero-order chi connectivity index (χ0) is 17.0. The fourth-order valence-corrected chi connectivity index (χ4v) is 3.28. The summed E-state index contributed by atoms with van der Waals surface area (Å²) < 4.78 is 0. The fraction of sp³-hybridized carbons (Fsp3) is 0.647. The van der Waals surface area contributed by atoms with Crippen LogP contribution in [0.1, 0.15) is 38.7 Å². The molecule has 0 aliphatic rings. The van der Waals surface area contributed by atoms with Crippen molar-refractivity contribution in [3.05, 3.63) is 34.9 Å². The predicted octanol–water partition coefficient (Wildman–Crippen LogP) is 3.75. The molecular formula is C17H29ClO3Si. The highest BCUT2D eigenvalue weighted by molar-refractivity contribution is 6.72. The summed E-state index contributed by atoms with van der Waals surface area (Å²) in [7, 11) is -2.21. The molecule has 2 atom stereocenters. The van der Waals surface area contributed by atoms with E-state index in [0.717, 1.165) is 18.4 Å². The Bertz CT molecular complexity index is 471. The van der Waals surface area contributed by atoms with Crippen LogP contribution in [0, 0.1) is 0 Å². The molecule has 0 aliphatic heterocycles. The molecule has 1 aromatic rings. The number of aliphatic hydroxyl groups excluding tert-OH is 2. The van der Waals surface area contributed by atoms with Gasteiger partial charge >= 0.3 is 0 Å². The quantitative estimate of drug-likeness (QED) is 0.629. The van der Waals surface area contributed by atoms with Gasteiger partial charge in [0.15, 0.2) is 8.32 Å². The molecule has 0 unspecified atom stereocenters. The van der Waals surface area contributed by atoms with Gasteiger partial charge in [-0.15, -0.1) is 0 Å². The van der Waals surface area contributed by atoms with Crippen LogP contribution in [0.2, 0.25) is 23.2 Å². The number of halogens is 1. The van der Waals surface area contributed by atoms with Gasteiger partial charge in [0.25, 0.3) is 0 Å². The first-order valence-electron chi connectivity index (χ1n) is 7.86. The van der Waals surface area contributed by atoms with E-state index < -0.39 is 20.5 Å². The van der Waals surface area contributed by atoms with Crippen LogP contribution in [0.4, 0.5) is 0 Å². The van der Waals surface area contributed by atoms with Crippen LogP contribution in [-0.2, 0) is 6.42 Å². The van der Waals surface area contributed by atoms with E-state index in [4.69, 9.17) is 11.6 Å². The maximum Gasteiger partial charge on any atom is 0.188 e. The average Bonchev–Trinajstić information content (AvgIpc) is 2.39. The molecule has 0 saturated heterocycles. The second kappa shape index (κ2) is 7.93. The zero-order valence-electron chi connectivity index (χ0n) is 14.0. The minimum Gasteiger partial charge on any atom is -0.432 e. The van der Waals surface area contributed by atoms with Crippen molar-refractivity contribution in [1.82, 2.24) is 0 Å². The molecule has 126 valence electrons. The Morgan fingerprint density at radius 2 is 1.73 bits per heavy atom. The van der Waals surface area contributed by atoms with E-state index in [1.165, 1.54) is 0 Å². The van der Waals surface area contributed by atoms with Gasteiger partial charge in [-0.1, -0.05) is 50.1 Å². The van der Waals surface area contributed by atoms with Crippen LogP contribution >= 0.6 is 11.6 Å². The van der Waals surface area contributed by atoms with E-state index in [-0.39, 0.29) is 5.04 Å². The van der Waals surface area contributed by atoms with Gasteiger partial charge in [-0.05, 0) is 42.6 Å². The molecule has 0 saturated carbocycles. The molecule has 0 amide bonds. The second-order valence-electron chi connectivity index (χ2n) is 7.27. The Labute approximate surface area is 140 Å². The van der Waals surface area contributed by atoms with Crippen LogP contribution in [0.15, 0.2) is 24.3 Å². The van der Waals surface area contributed by atoms with Crippen LogP contribution in [0.5, 0.6) is 0 Å². The molecule has 1 aromatic carbocycles. The Hall–Kier alpha value is -0.393. The summed E-state index contributed by atoms with van der Waals surface area (Å²) in [4.78, 5) is 10.3. The van der Waals surface area contributed by atoms with Crippen molar-refractivity contribution >= 4 is 19.9 Å². The lowest BCUT2D eigenvalue weighted by Crippen LogP contribution is -2.39. The minimum absolute atomic E-state index is 0.0968. The number of hydrogen-bond donors (Lipinski definition) is 3. The molecule has 0 aliphatic carbocycles. The van der Waals surface area contributed by atoms with Crippen molar-refractivity contribution in [3.8, 4) is 0 Å². The summed E-state index contributed by atoms with van der Waals surface area (Å²) in [5.41, 5.74) is 0.847. The molecule has 3 nitrogen and oxygen atoms in total. The van der Waals surface area contributed by atoms with Gasteiger partial charge in [-0.25, -0.2) is 0 Å². The smallest absolute Gasteiger partial charge is 0.188 e. The number of hydrogen-bond acceptors (Lipinski definition) is 3. The van der Waals surface area contributed by atoms with Crippen molar-refractivity contribution in [3.63, 3.8) is 0 Å². The Morgan fingerprint density at radius 1 is 1.14 bits per heavy atom. The van der Waals surface area contributed by atoms with Crippen molar-refractivity contribution in [1.29, 1.82) is 0 Å². The number of benzene rings is 1. The molecule has 1 rings (SSSR count). The summed E-state index contributed by atoms with van der Waals surface area (Å²) >= 11 is 6.07. The van der Waals surface area contributed by atoms with Crippen molar-refractivity contribution < 1.29 is 15.0 Å². The lowest BCUT2D eigenvalue weighted by atomic mass is 9.97. The van der Waals surface area contributed by atoms with Crippen molar-refractivity contribution in [2.24, 2.45) is 0 Å². The first-order valence-corrected chi connectivity index (χ1v) is 11.2. The third-order valence-corrected chi connectivity index (χ3v) is 8.72. The highest BCUT2D eigenvalue weighted by atomic mass is 35.5. The van der Waals surface area contributed by atoms with Crippen molar-refractivity contribution in [2.75, 3.05) is 0 Å². The summed E-state index contributed by atoms with van der Waals surface area (Å²) in [6.07, 6.45) is 0.922. The van der Waals surface area contributed by atoms with E-state index >= 15 is 0 Å². The van der Waals surface area contributed by atoms with E-state index in [0.29, 0.717) is 17.9 Å². The van der Waals surface area contributed by atoms with Crippen molar-refractivity contribution in [2.45, 2.75) is 69.9 Å². The lowest BCUT2D eigenvalue weighted by Gasteiger charge is -2.35. The zero-order valence-corrected chi connectivity index (χ0v) is 15.8. The van der Waals surface area contributed by atoms with Crippen LogP contribution in [-0.4, -0.2) is 35.5 Å². The molecule has 3 N–H and O–H groups in total. The molecule has 22 heavy (non-hydrogen) atoms. The third-order valence-electron chi connectivity index (χ3n) is 4.79.